The van der Waals surface area contributed by atoms with Gasteiger partial charge in [-0.25, -0.2) is 0 Å². The van der Waals surface area contributed by atoms with Gasteiger partial charge in [-0.15, -0.1) is 0 Å². The summed E-state index contributed by atoms with van der Waals surface area (Å²) < 4.78 is 11.0. The predicted octanol–water partition coefficient (Wildman–Crippen LogP) is 3.40. The number of nitrogens with two attached hydrogens (primary N) is 1. The minimum Gasteiger partial charge on any atom is -0.378 e. The second-order valence-electron chi connectivity index (χ2n) is 7.57. The summed E-state index contributed by atoms with van der Waals surface area (Å²) in [5.41, 5.74) is 9.10. The highest BCUT2D eigenvalue weighted by molar-refractivity contribution is 5.92. The van der Waals surface area contributed by atoms with E-state index in [4.69, 9.17) is 9.26 Å². The predicted molar refractivity (Wildman–Crippen MR) is 125 cm³/mol. The number of rotatable bonds is 4. The van der Waals surface area contributed by atoms with Crippen molar-refractivity contribution in [1.82, 2.24) is 10.5 Å². The van der Waals surface area contributed by atoms with Gasteiger partial charge in [-0.05, 0) is 68.8 Å². The number of carbonyl (C=O) groups excluding carboxylic acids is 1. The van der Waals surface area contributed by atoms with Crippen LogP contribution in [0.1, 0.15) is 28.8 Å². The third kappa shape index (κ3) is 5.70. The van der Waals surface area contributed by atoms with E-state index in [9.17, 15) is 4.79 Å². The van der Waals surface area contributed by atoms with Crippen LogP contribution < -0.4 is 16.0 Å². The zero-order valence-electron chi connectivity index (χ0n) is 18.6. The number of hydrogen-bond acceptors (Lipinski definition) is 7. The summed E-state index contributed by atoms with van der Waals surface area (Å²) in [5.74, 6) is 0.873. The van der Waals surface area contributed by atoms with Gasteiger partial charge in [0.1, 0.15) is 6.29 Å². The van der Waals surface area contributed by atoms with Crippen molar-refractivity contribution in [3.63, 3.8) is 0 Å². The zero-order valence-corrected chi connectivity index (χ0v) is 18.6. The third-order valence-corrected chi connectivity index (χ3v) is 5.46. The van der Waals surface area contributed by atoms with Crippen LogP contribution in [0.5, 0.6) is 0 Å². The minimum atomic E-state index is 0.669. The molecule has 2 aromatic carbocycles. The van der Waals surface area contributed by atoms with Crippen molar-refractivity contribution in [2.75, 3.05) is 45.3 Å². The highest BCUT2D eigenvalue weighted by Gasteiger charge is 2.19. The molecule has 3 aromatic rings. The number of benzene rings is 2. The summed E-state index contributed by atoms with van der Waals surface area (Å²) in [7, 11) is 3.51. The molecule has 3 N–H and O–H groups in total. The van der Waals surface area contributed by atoms with E-state index in [2.05, 4.69) is 27.2 Å². The average Bonchev–Trinajstić information content (AvgIpc) is 3.59. The Labute approximate surface area is 183 Å². The topological polar surface area (TPSA) is 93.6 Å². The fourth-order valence-electron chi connectivity index (χ4n) is 3.49. The van der Waals surface area contributed by atoms with Gasteiger partial charge in [-0.3, -0.25) is 4.79 Å². The minimum absolute atomic E-state index is 0.669. The van der Waals surface area contributed by atoms with Gasteiger partial charge in [0.05, 0.1) is 18.6 Å². The van der Waals surface area contributed by atoms with Crippen molar-refractivity contribution in [2.24, 2.45) is 5.73 Å². The molecule has 0 radical (unpaired) electrons. The van der Waals surface area contributed by atoms with Gasteiger partial charge in [0.2, 0.25) is 0 Å². The molecule has 0 bridgehead atoms. The summed E-state index contributed by atoms with van der Waals surface area (Å²) in [6.45, 7) is 5.11. The molecule has 1 saturated carbocycles. The first-order valence-electron chi connectivity index (χ1n) is 10.7. The van der Waals surface area contributed by atoms with Crippen molar-refractivity contribution in [2.45, 2.75) is 25.8 Å². The Morgan fingerprint density at radius 3 is 2.48 bits per heavy atom. The maximum Gasteiger partial charge on any atom is 0.180 e. The largest absolute Gasteiger partial charge is 0.378 e. The number of hydrogen-bond donors (Lipinski definition) is 2. The summed E-state index contributed by atoms with van der Waals surface area (Å²) in [4.78, 5) is 13.2. The van der Waals surface area contributed by atoms with E-state index in [-0.39, 0.29) is 0 Å². The molecule has 0 atom stereocenters. The summed E-state index contributed by atoms with van der Waals surface area (Å²) in [5, 5.41) is 8.39. The highest BCUT2D eigenvalue weighted by Crippen LogP contribution is 2.32. The van der Waals surface area contributed by atoms with E-state index < -0.39 is 0 Å². The number of fused-ring (bicyclic) bond motifs is 1. The number of morpholine rings is 1. The van der Waals surface area contributed by atoms with Crippen LogP contribution >= 0.6 is 0 Å². The highest BCUT2D eigenvalue weighted by atomic mass is 16.5. The normalized spacial score (nSPS) is 15.5. The first-order chi connectivity index (χ1) is 15.2. The van der Waals surface area contributed by atoms with E-state index in [0.717, 1.165) is 58.9 Å². The maximum absolute atomic E-state index is 11.0. The van der Waals surface area contributed by atoms with Crippen LogP contribution in [0.2, 0.25) is 0 Å². The molecule has 0 unspecified atom stereocenters. The van der Waals surface area contributed by atoms with Crippen molar-refractivity contribution < 1.29 is 14.1 Å². The molecule has 5 rings (SSSR count). The third-order valence-electron chi connectivity index (χ3n) is 5.46. The Balaban J connectivity index is 0.000000337. The summed E-state index contributed by atoms with van der Waals surface area (Å²) in [6.07, 6.45) is 3.67. The number of ether oxygens (including phenoxy) is 1. The molecule has 31 heavy (non-hydrogen) atoms. The van der Waals surface area contributed by atoms with Crippen LogP contribution in [0, 0.1) is 6.92 Å². The zero-order chi connectivity index (χ0) is 22.2. The van der Waals surface area contributed by atoms with Gasteiger partial charge in [0.15, 0.2) is 11.4 Å². The molecule has 7 heteroatoms. The molecule has 2 fully saturated rings. The molecule has 0 spiro atoms. The van der Waals surface area contributed by atoms with E-state index in [1.54, 1.807) is 0 Å². The quantitative estimate of drug-likeness (QED) is 0.620. The number of nitrogens with zero attached hydrogens (tertiary/aromatic N) is 2. The number of aldehydes is 1. The lowest BCUT2D eigenvalue weighted by molar-refractivity contribution is 0.112. The Morgan fingerprint density at radius 2 is 1.87 bits per heavy atom. The van der Waals surface area contributed by atoms with Gasteiger partial charge in [0.25, 0.3) is 0 Å². The molecule has 0 amide bonds. The van der Waals surface area contributed by atoms with Gasteiger partial charge in [-0.1, -0.05) is 23.4 Å². The summed E-state index contributed by atoms with van der Waals surface area (Å²) >= 11 is 0. The molecular weight excluding hydrogens is 392 g/mol. The van der Waals surface area contributed by atoms with Crippen LogP contribution in [-0.4, -0.2) is 57.9 Å². The van der Waals surface area contributed by atoms with E-state index in [1.807, 2.05) is 44.3 Å². The lowest BCUT2D eigenvalue weighted by Gasteiger charge is -2.26. The second kappa shape index (κ2) is 11.0. The van der Waals surface area contributed by atoms with Gasteiger partial charge in [0, 0.05) is 24.7 Å². The smallest absolute Gasteiger partial charge is 0.180 e. The first-order valence-corrected chi connectivity index (χ1v) is 10.7. The van der Waals surface area contributed by atoms with Crippen LogP contribution in [0.25, 0.3) is 22.1 Å². The van der Waals surface area contributed by atoms with Crippen molar-refractivity contribution >= 4 is 23.1 Å². The molecule has 166 valence electrons. The number of anilines is 1. The van der Waals surface area contributed by atoms with Gasteiger partial charge < -0.3 is 25.2 Å². The molecule has 2 heterocycles. The number of carbonyl (C=O) groups is 1. The molecule has 2 aliphatic rings. The van der Waals surface area contributed by atoms with Crippen LogP contribution in [0.4, 0.5) is 5.82 Å². The van der Waals surface area contributed by atoms with Crippen LogP contribution in [0.15, 0.2) is 40.9 Å². The van der Waals surface area contributed by atoms with Crippen molar-refractivity contribution in [3.05, 3.63) is 47.5 Å². The van der Waals surface area contributed by atoms with Gasteiger partial charge in [-0.2, -0.15) is 0 Å². The van der Waals surface area contributed by atoms with E-state index in [0.29, 0.717) is 18.8 Å². The maximum atomic E-state index is 11.0. The Bertz CT molecular complexity index is 992. The average molecular weight is 425 g/mol. The summed E-state index contributed by atoms with van der Waals surface area (Å²) in [6, 6.07) is 12.7. The first kappa shape index (κ1) is 22.9. The van der Waals surface area contributed by atoms with Crippen LogP contribution in [-0.2, 0) is 4.74 Å². The van der Waals surface area contributed by atoms with Crippen molar-refractivity contribution in [1.29, 1.82) is 0 Å². The Kier molecular flexibility index (Phi) is 8.17. The molecule has 1 aliphatic heterocycles. The fraction of sp³-hybridized carbons (Fsp3) is 0.417. The second-order valence-corrected chi connectivity index (χ2v) is 7.57. The van der Waals surface area contributed by atoms with E-state index in [1.165, 1.54) is 19.9 Å². The molecule has 7 nitrogen and oxygen atoms in total. The fourth-order valence-corrected chi connectivity index (χ4v) is 3.49. The standard InChI is InChI=1S/C19H18N2O3.C4H9N.CH5N/c1-13-2-3-14(12-22)10-17(13)15-4-5-16-18(11-15)24-20-19(16)21-6-8-23-9-7-21;1-5-4-2-3-4;1-2/h2-5,10-12H,6-9H2,1H3;4-5H,2-3H2,1H3;2H2,1H3. The molecule has 1 saturated heterocycles. The van der Waals surface area contributed by atoms with Gasteiger partial charge >= 0.3 is 0 Å². The number of aryl methyl sites for hydroxylation is 1. The molecular formula is C24H32N4O3. The lowest BCUT2D eigenvalue weighted by atomic mass is 9.98. The Hall–Kier alpha value is -2.74. The monoisotopic (exact) mass is 424 g/mol. The number of aromatic nitrogens is 1. The molecule has 1 aliphatic carbocycles. The van der Waals surface area contributed by atoms with E-state index >= 15 is 0 Å². The SMILES string of the molecule is CN.CNC1CC1.Cc1ccc(C=O)cc1-c1ccc2c(N3CCOCC3)noc2c1. The van der Waals surface area contributed by atoms with Crippen LogP contribution in [0.3, 0.4) is 0 Å². The Morgan fingerprint density at radius 1 is 1.13 bits per heavy atom. The number of nitrogens with one attached hydrogen (secondary N) is 1. The lowest BCUT2D eigenvalue weighted by Crippen LogP contribution is -2.36. The van der Waals surface area contributed by atoms with Crippen molar-refractivity contribution in [3.8, 4) is 11.1 Å². The molecule has 1 aromatic heterocycles.